The van der Waals surface area contributed by atoms with E-state index < -0.39 is 0 Å². The first kappa shape index (κ1) is 12.9. The zero-order valence-corrected chi connectivity index (χ0v) is 10.4. The highest BCUT2D eigenvalue weighted by Crippen LogP contribution is 2.10. The molecule has 0 aromatic rings. The van der Waals surface area contributed by atoms with Gasteiger partial charge in [0.05, 0.1) is 0 Å². The topological polar surface area (TPSA) is 32.5 Å². The summed E-state index contributed by atoms with van der Waals surface area (Å²) in [4.78, 5) is 5.17. The highest BCUT2D eigenvalue weighted by molar-refractivity contribution is 4.75. The first-order valence-corrected chi connectivity index (χ1v) is 6.44. The Morgan fingerprint density at radius 1 is 1.20 bits per heavy atom. The third-order valence-corrected chi connectivity index (χ3v) is 3.42. The average molecular weight is 213 g/mol. The van der Waals surface area contributed by atoms with E-state index >= 15 is 0 Å². The molecule has 1 atom stereocenters. The lowest BCUT2D eigenvalue weighted by Gasteiger charge is -2.38. The van der Waals surface area contributed by atoms with E-state index in [0.717, 1.165) is 19.0 Å². The molecule has 1 unspecified atom stereocenters. The van der Waals surface area contributed by atoms with Crippen LogP contribution in [0.4, 0.5) is 0 Å². The Labute approximate surface area is 94.6 Å². The predicted molar refractivity (Wildman–Crippen MR) is 66.1 cm³/mol. The van der Waals surface area contributed by atoms with E-state index in [0.29, 0.717) is 0 Å². The summed E-state index contributed by atoms with van der Waals surface area (Å²) in [5.74, 6) is 0. The zero-order valence-electron chi connectivity index (χ0n) is 10.4. The third kappa shape index (κ3) is 4.49. The number of rotatable bonds is 6. The van der Waals surface area contributed by atoms with Crippen LogP contribution in [0.15, 0.2) is 0 Å². The molecule has 0 saturated carbocycles. The van der Waals surface area contributed by atoms with Gasteiger partial charge in [0.2, 0.25) is 0 Å². The van der Waals surface area contributed by atoms with Crippen molar-refractivity contribution >= 4 is 0 Å². The van der Waals surface area contributed by atoms with E-state index in [9.17, 15) is 0 Å². The second-order valence-corrected chi connectivity index (χ2v) is 4.66. The molecular formula is C12H27N3. The molecule has 0 spiro atoms. The Morgan fingerprint density at radius 3 is 2.40 bits per heavy atom. The Morgan fingerprint density at radius 2 is 1.87 bits per heavy atom. The van der Waals surface area contributed by atoms with Gasteiger partial charge < -0.3 is 10.6 Å². The minimum Gasteiger partial charge on any atom is -0.330 e. The van der Waals surface area contributed by atoms with E-state index in [1.54, 1.807) is 0 Å². The van der Waals surface area contributed by atoms with Crippen molar-refractivity contribution in [2.45, 2.75) is 39.2 Å². The fraction of sp³-hybridized carbons (Fsp3) is 1.00. The highest BCUT2D eigenvalue weighted by Gasteiger charge is 2.19. The smallest absolute Gasteiger partial charge is 0.0113 e. The van der Waals surface area contributed by atoms with Crippen molar-refractivity contribution in [1.82, 2.24) is 9.80 Å². The monoisotopic (exact) mass is 213 g/mol. The number of piperazine rings is 1. The molecule has 0 aromatic heterocycles. The molecule has 1 fully saturated rings. The summed E-state index contributed by atoms with van der Waals surface area (Å²) in [6, 6.07) is 0.770. The summed E-state index contributed by atoms with van der Waals surface area (Å²) in [5, 5.41) is 0. The van der Waals surface area contributed by atoms with Crippen LogP contribution < -0.4 is 5.73 Å². The average Bonchev–Trinajstić information content (AvgIpc) is 2.27. The van der Waals surface area contributed by atoms with Crippen molar-refractivity contribution in [2.75, 3.05) is 39.3 Å². The summed E-state index contributed by atoms with van der Waals surface area (Å²) in [6.07, 6.45) is 3.78. The van der Waals surface area contributed by atoms with Gasteiger partial charge in [0.1, 0.15) is 0 Å². The Kier molecular flexibility index (Phi) is 6.22. The quantitative estimate of drug-likeness (QED) is 0.718. The molecule has 3 nitrogen and oxygen atoms in total. The van der Waals surface area contributed by atoms with Crippen LogP contribution in [0.3, 0.4) is 0 Å². The molecule has 1 rings (SSSR count). The van der Waals surface area contributed by atoms with Crippen LogP contribution in [0.1, 0.15) is 33.1 Å². The lowest BCUT2D eigenvalue weighted by molar-refractivity contribution is 0.0982. The normalized spacial score (nSPS) is 21.8. The number of hydrogen-bond donors (Lipinski definition) is 1. The van der Waals surface area contributed by atoms with Crippen molar-refractivity contribution in [3.8, 4) is 0 Å². The van der Waals surface area contributed by atoms with Crippen LogP contribution in [-0.4, -0.2) is 55.1 Å². The fourth-order valence-electron chi connectivity index (χ4n) is 2.34. The largest absolute Gasteiger partial charge is 0.330 e. The summed E-state index contributed by atoms with van der Waals surface area (Å²) in [7, 11) is 0. The molecular weight excluding hydrogens is 186 g/mol. The van der Waals surface area contributed by atoms with Gasteiger partial charge in [-0.25, -0.2) is 0 Å². The molecule has 2 N–H and O–H groups in total. The van der Waals surface area contributed by atoms with Crippen LogP contribution in [-0.2, 0) is 0 Å². The maximum atomic E-state index is 5.52. The first-order valence-electron chi connectivity index (χ1n) is 6.44. The van der Waals surface area contributed by atoms with E-state index in [1.165, 1.54) is 45.6 Å². The minimum atomic E-state index is 0.770. The molecule has 1 heterocycles. The summed E-state index contributed by atoms with van der Waals surface area (Å²) in [6.45, 7) is 11.6. The van der Waals surface area contributed by atoms with Crippen LogP contribution in [0, 0.1) is 0 Å². The zero-order chi connectivity index (χ0) is 11.1. The van der Waals surface area contributed by atoms with Crippen LogP contribution in [0.25, 0.3) is 0 Å². The van der Waals surface area contributed by atoms with Gasteiger partial charge in [-0.1, -0.05) is 13.3 Å². The molecule has 1 aliphatic rings. The molecule has 1 aliphatic heterocycles. The van der Waals surface area contributed by atoms with Crippen LogP contribution in [0.2, 0.25) is 0 Å². The van der Waals surface area contributed by atoms with Gasteiger partial charge in [-0.3, -0.25) is 4.90 Å². The Balaban J connectivity index is 2.17. The van der Waals surface area contributed by atoms with Crippen LogP contribution >= 0.6 is 0 Å². The van der Waals surface area contributed by atoms with Gasteiger partial charge in [-0.15, -0.1) is 0 Å². The standard InChI is InChI=1S/C12H27N3/c1-3-5-12(2)15-10-8-14(9-11-15)7-4-6-13/h12H,3-11,13H2,1-2H3. The van der Waals surface area contributed by atoms with Crippen molar-refractivity contribution in [3.63, 3.8) is 0 Å². The van der Waals surface area contributed by atoms with Gasteiger partial charge in [0, 0.05) is 32.2 Å². The molecule has 0 aromatic carbocycles. The number of hydrogen-bond acceptors (Lipinski definition) is 3. The van der Waals surface area contributed by atoms with Gasteiger partial charge >= 0.3 is 0 Å². The lowest BCUT2D eigenvalue weighted by Crippen LogP contribution is -2.49. The van der Waals surface area contributed by atoms with Gasteiger partial charge in [-0.05, 0) is 32.9 Å². The third-order valence-electron chi connectivity index (χ3n) is 3.42. The first-order chi connectivity index (χ1) is 7.27. The van der Waals surface area contributed by atoms with Gasteiger partial charge in [0.25, 0.3) is 0 Å². The van der Waals surface area contributed by atoms with E-state index in [4.69, 9.17) is 5.73 Å². The van der Waals surface area contributed by atoms with Crippen molar-refractivity contribution in [1.29, 1.82) is 0 Å². The van der Waals surface area contributed by atoms with E-state index in [-0.39, 0.29) is 0 Å². The summed E-state index contributed by atoms with van der Waals surface area (Å²) in [5.41, 5.74) is 5.52. The molecule has 0 bridgehead atoms. The predicted octanol–water partition coefficient (Wildman–Crippen LogP) is 1.14. The lowest BCUT2D eigenvalue weighted by atomic mass is 10.1. The second kappa shape index (κ2) is 7.20. The maximum Gasteiger partial charge on any atom is 0.0113 e. The molecule has 0 aliphatic carbocycles. The molecule has 0 radical (unpaired) electrons. The van der Waals surface area contributed by atoms with Crippen molar-refractivity contribution < 1.29 is 0 Å². The Hall–Kier alpha value is -0.120. The van der Waals surface area contributed by atoms with E-state index in [2.05, 4.69) is 23.6 Å². The molecule has 0 amide bonds. The molecule has 1 saturated heterocycles. The minimum absolute atomic E-state index is 0.770. The second-order valence-electron chi connectivity index (χ2n) is 4.66. The van der Waals surface area contributed by atoms with Gasteiger partial charge in [0.15, 0.2) is 0 Å². The Bertz CT molecular complexity index is 153. The number of nitrogens with zero attached hydrogens (tertiary/aromatic N) is 2. The highest BCUT2D eigenvalue weighted by atomic mass is 15.3. The van der Waals surface area contributed by atoms with E-state index in [1.807, 2.05) is 0 Å². The molecule has 3 heteroatoms. The number of nitrogens with two attached hydrogens (primary N) is 1. The molecule has 15 heavy (non-hydrogen) atoms. The molecule has 90 valence electrons. The maximum absolute atomic E-state index is 5.52. The van der Waals surface area contributed by atoms with Crippen LogP contribution in [0.5, 0.6) is 0 Å². The van der Waals surface area contributed by atoms with Crippen molar-refractivity contribution in [3.05, 3.63) is 0 Å². The summed E-state index contributed by atoms with van der Waals surface area (Å²) >= 11 is 0. The van der Waals surface area contributed by atoms with Crippen molar-refractivity contribution in [2.24, 2.45) is 5.73 Å². The van der Waals surface area contributed by atoms with Gasteiger partial charge in [-0.2, -0.15) is 0 Å². The summed E-state index contributed by atoms with van der Waals surface area (Å²) < 4.78 is 0. The SMILES string of the molecule is CCCC(C)N1CCN(CCCN)CC1. The fourth-order valence-corrected chi connectivity index (χ4v) is 2.34.